The highest BCUT2D eigenvalue weighted by Crippen LogP contribution is 2.37. The maximum absolute atomic E-state index is 11.2. The van der Waals surface area contributed by atoms with E-state index in [0.29, 0.717) is 35.4 Å². The molecule has 0 aromatic carbocycles. The summed E-state index contributed by atoms with van der Waals surface area (Å²) < 4.78 is 12.8. The van der Waals surface area contributed by atoms with Gasteiger partial charge in [0, 0.05) is 23.2 Å². The summed E-state index contributed by atoms with van der Waals surface area (Å²) >= 11 is 0. The van der Waals surface area contributed by atoms with E-state index in [1.54, 1.807) is 12.3 Å². The number of hydrogen-bond donors (Lipinski definition) is 4. The SMILES string of the molecule is N#CCC(C1CCCC1)n1cc(-c2ncnc3[nH]c(OC4OC(C=O)C(O)C(O)C4O)cc23)cn1. The number of aromatic nitrogens is 5. The van der Waals surface area contributed by atoms with Crippen molar-refractivity contribution in [2.24, 2.45) is 5.92 Å². The number of nitrogens with one attached hydrogen (secondary N) is 1. The van der Waals surface area contributed by atoms with Crippen LogP contribution >= 0.6 is 0 Å². The van der Waals surface area contributed by atoms with Crippen molar-refractivity contribution >= 4 is 17.3 Å². The monoisotopic (exact) mass is 482 g/mol. The van der Waals surface area contributed by atoms with Gasteiger partial charge in [0.15, 0.2) is 12.2 Å². The Bertz CT molecular complexity index is 1230. The standard InChI is InChI=1S/C23H26N6O6/c24-6-5-15(12-3-1-2-4-12)29-9-13(8-27-29)18-14-7-17(28-22(14)26-11-25-18)35-23-21(33)20(32)19(31)16(10-30)34-23/h7-12,15-16,19-21,23,31-33H,1-5H2,(H,25,26,28). The van der Waals surface area contributed by atoms with Gasteiger partial charge >= 0.3 is 0 Å². The molecule has 0 radical (unpaired) electrons. The van der Waals surface area contributed by atoms with Crippen LogP contribution in [0.15, 0.2) is 24.8 Å². The van der Waals surface area contributed by atoms with Crippen LogP contribution in [-0.4, -0.2) is 77.0 Å². The number of carbonyl (C=O) groups excluding carboxylic acids is 1. The minimum atomic E-state index is -1.62. The fraction of sp³-hybridized carbons (Fsp3) is 0.522. The molecule has 184 valence electrons. The molecule has 4 heterocycles. The minimum Gasteiger partial charge on any atom is -0.447 e. The van der Waals surface area contributed by atoms with E-state index in [1.165, 1.54) is 19.2 Å². The average Bonchev–Trinajstić information content (AvgIpc) is 3.63. The topological polar surface area (TPSA) is 179 Å². The number of fused-ring (bicyclic) bond motifs is 1. The lowest BCUT2D eigenvalue weighted by Gasteiger charge is -2.37. The molecular formula is C23H26N6O6. The van der Waals surface area contributed by atoms with Crippen LogP contribution in [-0.2, 0) is 9.53 Å². The number of nitriles is 1. The first kappa shape index (κ1) is 23.4. The molecule has 3 aromatic heterocycles. The third kappa shape index (κ3) is 4.39. The van der Waals surface area contributed by atoms with E-state index in [1.807, 2.05) is 10.9 Å². The van der Waals surface area contributed by atoms with Crippen LogP contribution in [0.2, 0.25) is 0 Å². The predicted molar refractivity (Wildman–Crippen MR) is 120 cm³/mol. The molecule has 6 unspecified atom stereocenters. The van der Waals surface area contributed by atoms with Gasteiger partial charge in [0.1, 0.15) is 36.4 Å². The molecule has 6 atom stereocenters. The molecule has 0 spiro atoms. The van der Waals surface area contributed by atoms with Crippen molar-refractivity contribution in [2.75, 3.05) is 0 Å². The van der Waals surface area contributed by atoms with E-state index in [-0.39, 0.29) is 11.9 Å². The van der Waals surface area contributed by atoms with Gasteiger partial charge in [-0.1, -0.05) is 12.8 Å². The molecule has 3 aromatic rings. The van der Waals surface area contributed by atoms with Crippen LogP contribution in [0.3, 0.4) is 0 Å². The summed E-state index contributed by atoms with van der Waals surface area (Å²) in [6.45, 7) is 0. The summed E-state index contributed by atoms with van der Waals surface area (Å²) in [5, 5.41) is 44.6. The number of aromatic amines is 1. The first-order chi connectivity index (χ1) is 17.0. The maximum Gasteiger partial charge on any atom is 0.231 e. The number of aldehydes is 1. The molecule has 1 saturated heterocycles. The lowest BCUT2D eigenvalue weighted by molar-refractivity contribution is -0.263. The summed E-state index contributed by atoms with van der Waals surface area (Å²) in [7, 11) is 0. The lowest BCUT2D eigenvalue weighted by Crippen LogP contribution is -2.59. The fourth-order valence-corrected chi connectivity index (χ4v) is 4.97. The van der Waals surface area contributed by atoms with Gasteiger partial charge in [-0.05, 0) is 18.8 Å². The molecular weight excluding hydrogens is 456 g/mol. The number of ether oxygens (including phenoxy) is 2. The van der Waals surface area contributed by atoms with Crippen LogP contribution in [0.5, 0.6) is 5.88 Å². The first-order valence-corrected chi connectivity index (χ1v) is 11.6. The van der Waals surface area contributed by atoms with Crippen molar-refractivity contribution in [1.82, 2.24) is 24.7 Å². The number of hydrogen-bond acceptors (Lipinski definition) is 10. The lowest BCUT2D eigenvalue weighted by atomic mass is 9.96. The number of nitrogens with zero attached hydrogens (tertiary/aromatic N) is 5. The van der Waals surface area contributed by atoms with E-state index in [4.69, 9.17) is 9.47 Å². The smallest absolute Gasteiger partial charge is 0.231 e. The molecule has 5 rings (SSSR count). The Labute approximate surface area is 200 Å². The predicted octanol–water partition coefficient (Wildman–Crippen LogP) is 0.852. The first-order valence-electron chi connectivity index (χ1n) is 11.6. The molecule has 12 nitrogen and oxygen atoms in total. The molecule has 2 aliphatic rings. The van der Waals surface area contributed by atoms with Gasteiger partial charge in [0.25, 0.3) is 0 Å². The number of carbonyl (C=O) groups is 1. The Kier molecular flexibility index (Phi) is 6.48. The third-order valence-corrected chi connectivity index (χ3v) is 6.84. The second-order valence-electron chi connectivity index (χ2n) is 9.00. The van der Waals surface area contributed by atoms with Crippen molar-refractivity contribution in [1.29, 1.82) is 5.26 Å². The Morgan fingerprint density at radius 3 is 2.80 bits per heavy atom. The molecule has 0 bridgehead atoms. The van der Waals surface area contributed by atoms with Gasteiger partial charge in [0.05, 0.1) is 30.4 Å². The van der Waals surface area contributed by atoms with E-state index >= 15 is 0 Å². The van der Waals surface area contributed by atoms with Crippen LogP contribution in [0.4, 0.5) is 0 Å². The van der Waals surface area contributed by atoms with E-state index in [2.05, 4.69) is 26.1 Å². The number of H-pyrrole nitrogens is 1. The van der Waals surface area contributed by atoms with Crippen LogP contribution in [0.25, 0.3) is 22.3 Å². The normalized spacial score (nSPS) is 28.1. The highest BCUT2D eigenvalue weighted by Gasteiger charge is 2.45. The molecule has 2 fully saturated rings. The van der Waals surface area contributed by atoms with Gasteiger partial charge in [-0.2, -0.15) is 10.4 Å². The third-order valence-electron chi connectivity index (χ3n) is 6.84. The van der Waals surface area contributed by atoms with Crippen LogP contribution in [0.1, 0.15) is 38.1 Å². The Balaban J connectivity index is 1.41. The highest BCUT2D eigenvalue weighted by atomic mass is 16.7. The van der Waals surface area contributed by atoms with E-state index < -0.39 is 30.7 Å². The molecule has 1 aliphatic carbocycles. The Morgan fingerprint density at radius 1 is 1.26 bits per heavy atom. The number of rotatable bonds is 7. The van der Waals surface area contributed by atoms with Crippen molar-refractivity contribution in [2.45, 2.75) is 68.9 Å². The fourth-order valence-electron chi connectivity index (χ4n) is 4.97. The zero-order chi connectivity index (χ0) is 24.5. The van der Waals surface area contributed by atoms with Gasteiger partial charge in [0.2, 0.25) is 6.29 Å². The Morgan fingerprint density at radius 2 is 2.06 bits per heavy atom. The zero-order valence-corrected chi connectivity index (χ0v) is 18.8. The molecule has 12 heteroatoms. The summed E-state index contributed by atoms with van der Waals surface area (Å²) in [5.41, 5.74) is 1.80. The van der Waals surface area contributed by atoms with Crippen LogP contribution < -0.4 is 4.74 Å². The Hall–Kier alpha value is -3.37. The molecule has 1 saturated carbocycles. The molecule has 35 heavy (non-hydrogen) atoms. The highest BCUT2D eigenvalue weighted by molar-refractivity contribution is 5.91. The largest absolute Gasteiger partial charge is 0.447 e. The molecule has 0 amide bonds. The summed E-state index contributed by atoms with van der Waals surface area (Å²) in [6, 6.07) is 3.92. The van der Waals surface area contributed by atoms with Gasteiger partial charge in [-0.25, -0.2) is 9.97 Å². The second-order valence-corrected chi connectivity index (χ2v) is 9.00. The summed E-state index contributed by atoms with van der Waals surface area (Å²) in [6.07, 6.45) is 2.73. The second kappa shape index (κ2) is 9.71. The zero-order valence-electron chi connectivity index (χ0n) is 18.8. The van der Waals surface area contributed by atoms with Crippen molar-refractivity contribution in [3.63, 3.8) is 0 Å². The van der Waals surface area contributed by atoms with Gasteiger partial charge < -0.3 is 34.6 Å². The van der Waals surface area contributed by atoms with E-state index in [9.17, 15) is 25.4 Å². The van der Waals surface area contributed by atoms with Crippen molar-refractivity contribution in [3.8, 4) is 23.2 Å². The maximum atomic E-state index is 11.2. The van der Waals surface area contributed by atoms with Gasteiger partial charge in [-0.3, -0.25) is 4.68 Å². The van der Waals surface area contributed by atoms with Crippen LogP contribution in [0, 0.1) is 17.2 Å². The molecule has 4 N–H and O–H groups in total. The van der Waals surface area contributed by atoms with Crippen molar-refractivity contribution < 1.29 is 29.6 Å². The summed E-state index contributed by atoms with van der Waals surface area (Å²) in [5.74, 6) is 0.589. The quantitative estimate of drug-likeness (QED) is 0.353. The number of aliphatic hydroxyl groups is 3. The summed E-state index contributed by atoms with van der Waals surface area (Å²) in [4.78, 5) is 22.8. The minimum absolute atomic E-state index is 0.0104. The average molecular weight is 482 g/mol. The molecule has 1 aliphatic heterocycles. The number of aliphatic hydroxyl groups excluding tert-OH is 3. The van der Waals surface area contributed by atoms with Crippen molar-refractivity contribution in [3.05, 3.63) is 24.8 Å². The van der Waals surface area contributed by atoms with E-state index in [0.717, 1.165) is 18.4 Å². The van der Waals surface area contributed by atoms with Gasteiger partial charge in [-0.15, -0.1) is 0 Å².